The zero-order chi connectivity index (χ0) is 9.23. The first-order valence-electron chi connectivity index (χ1n) is 2.32. The zero-order valence-electron chi connectivity index (χ0n) is 5.42. The number of carboxylic acid groups (broad SMARTS) is 1. The molecule has 8 heteroatoms. The van der Waals surface area contributed by atoms with Crippen molar-refractivity contribution in [3.63, 3.8) is 0 Å². The standard InChI is InChI=1S/C3H5NO6S/c1-11(9,10)2(3(5)6)4(7)8/h2H,1H3,(H,5,6). The molecule has 0 aromatic heterocycles. The summed E-state index contributed by atoms with van der Waals surface area (Å²) in [5, 5.41) is 15.3. The van der Waals surface area contributed by atoms with Crippen LogP contribution in [0.2, 0.25) is 0 Å². The number of nitrogens with zero attached hydrogens (tertiary/aromatic N) is 1. The predicted molar refractivity (Wildman–Crippen MR) is 33.3 cm³/mol. The Kier molecular flexibility index (Phi) is 2.52. The maximum absolute atomic E-state index is 10.4. The molecule has 0 saturated carbocycles. The maximum atomic E-state index is 10.4. The third-order valence-electron chi connectivity index (χ3n) is 0.808. The Morgan fingerprint density at radius 1 is 1.64 bits per heavy atom. The van der Waals surface area contributed by atoms with Crippen molar-refractivity contribution in [2.75, 3.05) is 6.26 Å². The molecule has 0 aromatic carbocycles. The fraction of sp³-hybridized carbons (Fsp3) is 0.667. The van der Waals surface area contributed by atoms with Gasteiger partial charge in [0.15, 0.2) is 0 Å². The van der Waals surface area contributed by atoms with E-state index in [1.165, 1.54) is 0 Å². The van der Waals surface area contributed by atoms with E-state index in [9.17, 15) is 23.3 Å². The van der Waals surface area contributed by atoms with Gasteiger partial charge in [0.05, 0.1) is 4.92 Å². The lowest BCUT2D eigenvalue weighted by atomic mass is 10.7. The van der Waals surface area contributed by atoms with Crippen LogP contribution in [-0.2, 0) is 14.6 Å². The summed E-state index contributed by atoms with van der Waals surface area (Å²) in [5.74, 6) is -1.97. The lowest BCUT2D eigenvalue weighted by Crippen LogP contribution is -2.36. The summed E-state index contributed by atoms with van der Waals surface area (Å²) in [4.78, 5) is 18.4. The lowest BCUT2D eigenvalue weighted by molar-refractivity contribution is -0.486. The van der Waals surface area contributed by atoms with Gasteiger partial charge in [-0.05, 0) is 0 Å². The van der Waals surface area contributed by atoms with Crippen LogP contribution in [0.4, 0.5) is 0 Å². The van der Waals surface area contributed by atoms with Crippen molar-refractivity contribution in [1.29, 1.82) is 0 Å². The lowest BCUT2D eigenvalue weighted by Gasteiger charge is -1.99. The Morgan fingerprint density at radius 3 is 2.00 bits per heavy atom. The van der Waals surface area contributed by atoms with Crippen LogP contribution in [0.15, 0.2) is 0 Å². The minimum atomic E-state index is -4.16. The molecule has 1 atom stereocenters. The van der Waals surface area contributed by atoms with Gasteiger partial charge in [0, 0.05) is 6.26 Å². The molecular weight excluding hydrogens is 178 g/mol. The second-order valence-electron chi connectivity index (χ2n) is 1.81. The summed E-state index contributed by atoms with van der Waals surface area (Å²) >= 11 is 0. The highest BCUT2D eigenvalue weighted by Gasteiger charge is 2.40. The number of nitro groups is 1. The molecule has 0 aliphatic rings. The van der Waals surface area contributed by atoms with Gasteiger partial charge in [0.2, 0.25) is 9.84 Å². The number of rotatable bonds is 3. The van der Waals surface area contributed by atoms with E-state index in [4.69, 9.17) is 5.11 Å². The monoisotopic (exact) mass is 183 g/mol. The van der Waals surface area contributed by atoms with Crippen LogP contribution in [0.3, 0.4) is 0 Å². The Hall–Kier alpha value is -1.18. The first-order chi connectivity index (χ1) is 4.76. The number of hydrogen-bond acceptors (Lipinski definition) is 5. The molecule has 0 radical (unpaired) electrons. The van der Waals surface area contributed by atoms with E-state index in [-0.39, 0.29) is 0 Å². The van der Waals surface area contributed by atoms with Gasteiger partial charge in [0.25, 0.3) is 0 Å². The minimum absolute atomic E-state index is 0.495. The van der Waals surface area contributed by atoms with E-state index < -0.39 is 26.1 Å². The van der Waals surface area contributed by atoms with Crippen LogP contribution in [0.1, 0.15) is 0 Å². The smallest absolute Gasteiger partial charge is 0.403 e. The van der Waals surface area contributed by atoms with Crippen LogP contribution < -0.4 is 0 Å². The Morgan fingerprint density at radius 2 is 2.00 bits per heavy atom. The van der Waals surface area contributed by atoms with Crippen molar-refractivity contribution < 1.29 is 23.2 Å². The molecule has 0 heterocycles. The highest BCUT2D eigenvalue weighted by Crippen LogP contribution is 1.99. The van der Waals surface area contributed by atoms with Gasteiger partial charge in [-0.3, -0.25) is 10.1 Å². The molecule has 0 rings (SSSR count). The molecule has 1 N–H and O–H groups in total. The van der Waals surface area contributed by atoms with Crippen LogP contribution in [0.25, 0.3) is 0 Å². The molecule has 0 amide bonds. The number of sulfone groups is 1. The molecule has 0 spiro atoms. The van der Waals surface area contributed by atoms with E-state index >= 15 is 0 Å². The average Bonchev–Trinajstić information content (AvgIpc) is 1.54. The largest absolute Gasteiger partial charge is 0.475 e. The summed E-state index contributed by atoms with van der Waals surface area (Å²) in [7, 11) is -4.16. The van der Waals surface area contributed by atoms with Gasteiger partial charge >= 0.3 is 11.3 Å². The molecular formula is C3H5NO6S. The number of carbonyl (C=O) groups is 1. The second kappa shape index (κ2) is 2.82. The highest BCUT2D eigenvalue weighted by atomic mass is 32.2. The molecule has 0 aliphatic carbocycles. The summed E-state index contributed by atoms with van der Waals surface area (Å²) < 4.78 is 20.8. The van der Waals surface area contributed by atoms with E-state index in [2.05, 4.69) is 0 Å². The van der Waals surface area contributed by atoms with E-state index in [1.807, 2.05) is 0 Å². The van der Waals surface area contributed by atoms with Crippen molar-refractivity contribution in [3.05, 3.63) is 10.1 Å². The fourth-order valence-electron chi connectivity index (χ4n) is 0.430. The van der Waals surface area contributed by atoms with Gasteiger partial charge in [-0.1, -0.05) is 0 Å². The normalized spacial score (nSPS) is 13.9. The molecule has 0 saturated heterocycles. The SMILES string of the molecule is CS(=O)(=O)C(C(=O)O)[N+](=O)[O-]. The van der Waals surface area contributed by atoms with Gasteiger partial charge in [0.1, 0.15) is 0 Å². The van der Waals surface area contributed by atoms with Crippen LogP contribution >= 0.6 is 0 Å². The van der Waals surface area contributed by atoms with E-state index in [0.717, 1.165) is 0 Å². The van der Waals surface area contributed by atoms with Crippen LogP contribution in [0.5, 0.6) is 0 Å². The van der Waals surface area contributed by atoms with Crippen LogP contribution in [0, 0.1) is 10.1 Å². The first-order valence-corrected chi connectivity index (χ1v) is 4.27. The summed E-state index contributed by atoms with van der Waals surface area (Å²) in [6.45, 7) is 0. The molecule has 1 unspecified atom stereocenters. The van der Waals surface area contributed by atoms with E-state index in [0.29, 0.717) is 6.26 Å². The molecule has 0 bridgehead atoms. The summed E-state index contributed by atoms with van der Waals surface area (Å²) in [6.07, 6.45) is 0.495. The number of carboxylic acids is 1. The maximum Gasteiger partial charge on any atom is 0.403 e. The number of hydrogen-bond donors (Lipinski definition) is 1. The average molecular weight is 183 g/mol. The van der Waals surface area contributed by atoms with Crippen molar-refractivity contribution >= 4 is 15.8 Å². The molecule has 0 aliphatic heterocycles. The van der Waals surface area contributed by atoms with Crippen molar-refractivity contribution in [1.82, 2.24) is 0 Å². The predicted octanol–water partition coefficient (Wildman–Crippen LogP) is -1.28. The fourth-order valence-corrected chi connectivity index (χ4v) is 1.11. The summed E-state index contributed by atoms with van der Waals surface area (Å²) in [5.41, 5.74) is 0. The minimum Gasteiger partial charge on any atom is -0.475 e. The molecule has 0 fully saturated rings. The van der Waals surface area contributed by atoms with Crippen molar-refractivity contribution in [2.45, 2.75) is 5.37 Å². The Bertz CT molecular complexity index is 264. The van der Waals surface area contributed by atoms with Crippen LogP contribution in [-0.4, -0.2) is 36.0 Å². The van der Waals surface area contributed by atoms with Gasteiger partial charge in [-0.15, -0.1) is 0 Å². The molecule has 64 valence electrons. The van der Waals surface area contributed by atoms with Gasteiger partial charge in [-0.2, -0.15) is 0 Å². The molecule has 11 heavy (non-hydrogen) atoms. The topological polar surface area (TPSA) is 115 Å². The third-order valence-corrected chi connectivity index (χ3v) is 1.99. The molecule has 0 aromatic rings. The quantitative estimate of drug-likeness (QED) is 0.430. The second-order valence-corrected chi connectivity index (χ2v) is 3.91. The third kappa shape index (κ3) is 2.50. The first kappa shape index (κ1) is 9.82. The van der Waals surface area contributed by atoms with Gasteiger partial charge in [-0.25, -0.2) is 13.2 Å². The molecule has 7 nitrogen and oxygen atoms in total. The Labute approximate surface area is 61.7 Å². The van der Waals surface area contributed by atoms with Crippen molar-refractivity contribution in [2.24, 2.45) is 0 Å². The summed E-state index contributed by atoms with van der Waals surface area (Å²) in [6, 6.07) is 0. The zero-order valence-corrected chi connectivity index (χ0v) is 6.24. The Balaban J connectivity index is 4.94. The highest BCUT2D eigenvalue weighted by molar-refractivity contribution is 7.91. The number of aliphatic carboxylic acids is 1. The van der Waals surface area contributed by atoms with E-state index in [1.54, 1.807) is 0 Å². The van der Waals surface area contributed by atoms with Crippen molar-refractivity contribution in [3.8, 4) is 0 Å². The van der Waals surface area contributed by atoms with Gasteiger partial charge < -0.3 is 5.11 Å².